The third-order valence-corrected chi connectivity index (χ3v) is 10.6. The van der Waals surface area contributed by atoms with Crippen LogP contribution in [0.1, 0.15) is 100 Å². The van der Waals surface area contributed by atoms with E-state index < -0.39 is 11.4 Å². The molecule has 5 aliphatic carbocycles. The Bertz CT molecular complexity index is 1220. The number of carbonyl (C=O) groups is 3. The smallest absolute Gasteiger partial charge is 0.309 e. The molecule has 222 valence electrons. The molecule has 0 aromatic heterocycles. The molecule has 5 aliphatic rings. The number of nitriles is 1. The first-order valence-electron chi connectivity index (χ1n) is 15.2. The number of aliphatic carboxylic acids is 1. The number of methoxy groups -OCH3 is 1. The number of rotatable bonds is 9. The van der Waals surface area contributed by atoms with Crippen molar-refractivity contribution in [3.63, 3.8) is 0 Å². The maximum Gasteiger partial charge on any atom is 0.309 e. The van der Waals surface area contributed by atoms with E-state index in [1.165, 1.54) is 19.6 Å². The van der Waals surface area contributed by atoms with Gasteiger partial charge in [0.05, 0.1) is 35.7 Å². The first kappa shape index (κ1) is 29.2. The van der Waals surface area contributed by atoms with Gasteiger partial charge >= 0.3 is 5.97 Å². The van der Waals surface area contributed by atoms with E-state index in [0.29, 0.717) is 32.2 Å². The second-order valence-corrected chi connectivity index (χ2v) is 13.4. The van der Waals surface area contributed by atoms with Crippen LogP contribution in [-0.4, -0.2) is 48.7 Å². The highest BCUT2D eigenvalue weighted by atomic mass is 16.5. The van der Waals surface area contributed by atoms with Crippen molar-refractivity contribution >= 4 is 17.8 Å². The number of amides is 2. The van der Waals surface area contributed by atoms with Gasteiger partial charge in [-0.1, -0.05) is 13.3 Å². The summed E-state index contributed by atoms with van der Waals surface area (Å²) >= 11 is 0. The molecule has 1 aromatic carbocycles. The fourth-order valence-corrected chi connectivity index (χ4v) is 7.47. The Morgan fingerprint density at radius 1 is 1.00 bits per heavy atom. The summed E-state index contributed by atoms with van der Waals surface area (Å²) in [6.45, 7) is 4.65. The molecule has 1 aromatic rings. The molecular weight excluding hydrogens is 522 g/mol. The molecule has 2 unspecified atom stereocenters. The fraction of sp³-hybridized carbons (Fsp3) is 0.688. The standard InChI is InChI=1S/C32H43N3O6/c1-31(11-4-12-31)18-34-29(37)26-19-5-7-20(8-6-19)27(26)35-28(36)23-16-24(21(17-33)15-25(23)40-3)41-22-9-13-32(2,14-10-22)30(38)39/h15-16,19-20,22,26-27H,4-14,18H2,1-3H3,(H,34,37)(H,35,36)(H,38,39). The van der Waals surface area contributed by atoms with Crippen LogP contribution in [0.3, 0.4) is 0 Å². The van der Waals surface area contributed by atoms with Gasteiger partial charge in [0.1, 0.15) is 17.6 Å². The van der Waals surface area contributed by atoms with Crippen LogP contribution in [0, 0.1) is 39.9 Å². The maximum absolute atomic E-state index is 13.8. The van der Waals surface area contributed by atoms with Crippen LogP contribution >= 0.6 is 0 Å². The van der Waals surface area contributed by atoms with Gasteiger partial charge in [-0.2, -0.15) is 5.26 Å². The fourth-order valence-electron chi connectivity index (χ4n) is 7.47. The van der Waals surface area contributed by atoms with Gasteiger partial charge in [0.2, 0.25) is 5.91 Å². The Hall–Kier alpha value is -3.28. The summed E-state index contributed by atoms with van der Waals surface area (Å²) in [6, 6.07) is 4.95. The molecule has 2 atom stereocenters. The minimum Gasteiger partial charge on any atom is -0.496 e. The highest BCUT2D eigenvalue weighted by Gasteiger charge is 2.48. The molecule has 3 N–H and O–H groups in total. The number of hydrogen-bond donors (Lipinski definition) is 3. The monoisotopic (exact) mass is 565 g/mol. The highest BCUT2D eigenvalue weighted by Crippen LogP contribution is 2.46. The Morgan fingerprint density at radius 3 is 2.22 bits per heavy atom. The maximum atomic E-state index is 13.8. The number of carboxylic acid groups (broad SMARTS) is 1. The number of carboxylic acids is 1. The van der Waals surface area contributed by atoms with Crippen LogP contribution in [0.5, 0.6) is 11.5 Å². The van der Waals surface area contributed by atoms with Gasteiger partial charge in [0, 0.05) is 18.7 Å². The van der Waals surface area contributed by atoms with Gasteiger partial charge in [-0.05, 0) is 94.4 Å². The van der Waals surface area contributed by atoms with Crippen LogP contribution in [0.25, 0.3) is 0 Å². The van der Waals surface area contributed by atoms with E-state index in [4.69, 9.17) is 9.47 Å². The molecule has 6 rings (SSSR count). The van der Waals surface area contributed by atoms with E-state index in [9.17, 15) is 24.8 Å². The number of fused-ring (bicyclic) bond motifs is 3. The number of ether oxygens (including phenoxy) is 2. The first-order chi connectivity index (χ1) is 19.6. The Kier molecular flexibility index (Phi) is 8.22. The molecule has 0 saturated heterocycles. The lowest BCUT2D eigenvalue weighted by Gasteiger charge is -2.48. The summed E-state index contributed by atoms with van der Waals surface area (Å²) in [7, 11) is 1.46. The topological polar surface area (TPSA) is 138 Å². The number of carbonyl (C=O) groups excluding carboxylic acids is 2. The molecule has 2 amide bonds. The lowest BCUT2D eigenvalue weighted by Crippen LogP contribution is -2.58. The van der Waals surface area contributed by atoms with Gasteiger partial charge < -0.3 is 25.2 Å². The lowest BCUT2D eigenvalue weighted by molar-refractivity contribution is -0.150. The molecule has 0 spiro atoms. The normalized spacial score (nSPS) is 31.7. The van der Waals surface area contributed by atoms with Crippen molar-refractivity contribution < 1.29 is 29.0 Å². The zero-order chi connectivity index (χ0) is 29.4. The van der Waals surface area contributed by atoms with Gasteiger partial charge in [0.25, 0.3) is 5.91 Å². The largest absolute Gasteiger partial charge is 0.496 e. The second kappa shape index (κ2) is 11.5. The molecule has 2 bridgehead atoms. The van der Waals surface area contributed by atoms with Gasteiger partial charge in [-0.25, -0.2) is 0 Å². The molecule has 5 fully saturated rings. The number of nitrogens with zero attached hydrogens (tertiary/aromatic N) is 1. The quantitative estimate of drug-likeness (QED) is 0.390. The van der Waals surface area contributed by atoms with Crippen LogP contribution in [0.2, 0.25) is 0 Å². The van der Waals surface area contributed by atoms with Gasteiger partial charge in [-0.15, -0.1) is 0 Å². The van der Waals surface area contributed by atoms with Gasteiger partial charge in [-0.3, -0.25) is 14.4 Å². The Morgan fingerprint density at radius 2 is 1.66 bits per heavy atom. The predicted molar refractivity (Wildman–Crippen MR) is 151 cm³/mol. The van der Waals surface area contributed by atoms with Gasteiger partial charge in [0.15, 0.2) is 0 Å². The molecule has 0 aliphatic heterocycles. The second-order valence-electron chi connectivity index (χ2n) is 13.4. The summed E-state index contributed by atoms with van der Waals surface area (Å²) in [5, 5.41) is 25.8. The SMILES string of the molecule is COc1cc(C#N)c(OC2CCC(C)(C(=O)O)CC2)cc1C(=O)NC1C2CCC(CC2)C1C(=O)NCC1(C)CCC1. The van der Waals surface area contributed by atoms with Crippen molar-refractivity contribution in [1.82, 2.24) is 10.6 Å². The number of benzene rings is 1. The van der Waals surface area contributed by atoms with E-state index in [-0.39, 0.29) is 69.8 Å². The van der Waals surface area contributed by atoms with E-state index in [1.807, 2.05) is 0 Å². The average molecular weight is 566 g/mol. The highest BCUT2D eigenvalue weighted by molar-refractivity contribution is 5.98. The summed E-state index contributed by atoms with van der Waals surface area (Å²) in [6.07, 6.45) is 9.26. The van der Waals surface area contributed by atoms with Crippen molar-refractivity contribution in [2.75, 3.05) is 13.7 Å². The van der Waals surface area contributed by atoms with Crippen molar-refractivity contribution in [2.45, 2.75) is 96.6 Å². The van der Waals surface area contributed by atoms with Crippen LogP contribution in [0.15, 0.2) is 12.1 Å². The minimum atomic E-state index is -0.808. The average Bonchev–Trinajstić information content (AvgIpc) is 2.96. The third-order valence-electron chi connectivity index (χ3n) is 10.6. The lowest BCUT2D eigenvalue weighted by atomic mass is 9.61. The molecule has 9 heteroatoms. The Balaban J connectivity index is 1.33. The molecule has 9 nitrogen and oxygen atoms in total. The zero-order valence-corrected chi connectivity index (χ0v) is 24.5. The van der Waals surface area contributed by atoms with Crippen molar-refractivity contribution in [3.05, 3.63) is 23.3 Å². The molecule has 0 heterocycles. The molecule has 0 radical (unpaired) electrons. The number of hydrogen-bond acceptors (Lipinski definition) is 6. The predicted octanol–water partition coefficient (Wildman–Crippen LogP) is 4.82. The van der Waals surface area contributed by atoms with Crippen molar-refractivity contribution in [1.29, 1.82) is 5.26 Å². The number of nitrogens with one attached hydrogen (secondary N) is 2. The van der Waals surface area contributed by atoms with Crippen molar-refractivity contribution in [3.8, 4) is 17.6 Å². The van der Waals surface area contributed by atoms with E-state index in [1.54, 1.807) is 13.0 Å². The molecule has 5 saturated carbocycles. The first-order valence-corrected chi connectivity index (χ1v) is 15.2. The summed E-state index contributed by atoms with van der Waals surface area (Å²) in [5.41, 5.74) is -0.0849. The van der Waals surface area contributed by atoms with Crippen molar-refractivity contribution in [2.24, 2.45) is 28.6 Å². The van der Waals surface area contributed by atoms with Crippen LogP contribution in [0.4, 0.5) is 0 Å². The van der Waals surface area contributed by atoms with E-state index in [0.717, 1.165) is 38.5 Å². The zero-order valence-electron chi connectivity index (χ0n) is 24.5. The minimum absolute atomic E-state index is 0.0410. The van der Waals surface area contributed by atoms with E-state index in [2.05, 4.69) is 23.6 Å². The summed E-state index contributed by atoms with van der Waals surface area (Å²) < 4.78 is 11.7. The Labute approximate surface area is 242 Å². The van der Waals surface area contributed by atoms with Crippen LogP contribution < -0.4 is 20.1 Å². The summed E-state index contributed by atoms with van der Waals surface area (Å²) in [5.74, 6) is -0.324. The summed E-state index contributed by atoms with van der Waals surface area (Å²) in [4.78, 5) is 38.9. The third kappa shape index (κ3) is 5.89. The van der Waals surface area contributed by atoms with E-state index >= 15 is 0 Å². The molecular formula is C32H43N3O6. The van der Waals surface area contributed by atoms with Crippen LogP contribution in [-0.2, 0) is 9.59 Å². The molecule has 41 heavy (non-hydrogen) atoms.